The Hall–Kier alpha value is -4.58. The zero-order chi connectivity index (χ0) is 25.0. The number of fused-ring (bicyclic) bond motifs is 2. The average Bonchev–Trinajstić information content (AvgIpc) is 3.56. The van der Waals surface area contributed by atoms with Gasteiger partial charge in [-0.15, -0.1) is 0 Å². The molecule has 6 nitrogen and oxygen atoms in total. The van der Waals surface area contributed by atoms with Crippen molar-refractivity contribution in [2.45, 2.75) is 19.4 Å². The molecule has 2 aromatic heterocycles. The zero-order valence-corrected chi connectivity index (χ0v) is 19.9. The van der Waals surface area contributed by atoms with E-state index < -0.39 is 23.5 Å². The molecular weight excluding hydrogens is 452 g/mol. The minimum absolute atomic E-state index is 0.00924. The Morgan fingerprint density at radius 1 is 1.00 bits per heavy atom. The number of aryl methyl sites for hydroxylation is 2. The standard InChI is InChI=1S/C30H24N2O4/c1-3-18-12-14-20(15-13-18)32-27(22-17-31(2)23-10-6-5-9-21(22)23)26(29(34)30(32)35)28(33)25-16-19-8-4-7-11-24(19)36-25/h4-17,27,34H,3H2,1-2H3. The number of aliphatic hydroxyl groups excluding tert-OH is 1. The minimum Gasteiger partial charge on any atom is -0.503 e. The number of hydrogen-bond acceptors (Lipinski definition) is 4. The highest BCUT2D eigenvalue weighted by Crippen LogP contribution is 2.44. The van der Waals surface area contributed by atoms with Crippen LogP contribution in [0.1, 0.15) is 34.6 Å². The first-order valence-electron chi connectivity index (χ1n) is 11.9. The Balaban J connectivity index is 1.56. The van der Waals surface area contributed by atoms with E-state index in [4.69, 9.17) is 4.42 Å². The quantitative estimate of drug-likeness (QED) is 0.303. The molecule has 3 heterocycles. The van der Waals surface area contributed by atoms with Gasteiger partial charge in [0.05, 0.1) is 11.6 Å². The van der Waals surface area contributed by atoms with Crippen LogP contribution in [0.15, 0.2) is 101 Å². The average molecular weight is 477 g/mol. The number of aliphatic hydroxyl groups is 1. The number of carbonyl (C=O) groups is 2. The summed E-state index contributed by atoms with van der Waals surface area (Å²) in [7, 11) is 1.92. The third-order valence-electron chi connectivity index (χ3n) is 6.95. The predicted molar refractivity (Wildman–Crippen MR) is 139 cm³/mol. The first-order valence-corrected chi connectivity index (χ1v) is 11.9. The molecule has 1 atom stereocenters. The second kappa shape index (κ2) is 8.27. The summed E-state index contributed by atoms with van der Waals surface area (Å²) in [6, 6.07) is 23.6. The fraction of sp³-hybridized carbons (Fsp3) is 0.133. The Labute approximate surface area is 207 Å². The highest BCUT2D eigenvalue weighted by atomic mass is 16.3. The Kier molecular flexibility index (Phi) is 5.04. The van der Waals surface area contributed by atoms with Gasteiger partial charge in [0.15, 0.2) is 11.5 Å². The molecule has 6 heteroatoms. The number of carbonyl (C=O) groups excluding carboxylic acids is 2. The number of hydrogen-bond donors (Lipinski definition) is 1. The first-order chi connectivity index (χ1) is 17.5. The van der Waals surface area contributed by atoms with Gasteiger partial charge in [0, 0.05) is 40.8 Å². The normalized spacial score (nSPS) is 16.0. The Morgan fingerprint density at radius 3 is 2.47 bits per heavy atom. The number of anilines is 1. The van der Waals surface area contributed by atoms with Crippen molar-refractivity contribution >= 4 is 39.2 Å². The van der Waals surface area contributed by atoms with Crippen molar-refractivity contribution < 1.29 is 19.1 Å². The van der Waals surface area contributed by atoms with E-state index in [1.165, 1.54) is 4.90 Å². The van der Waals surface area contributed by atoms with Gasteiger partial charge in [-0.05, 0) is 42.3 Å². The molecule has 0 radical (unpaired) electrons. The lowest BCUT2D eigenvalue weighted by Crippen LogP contribution is -2.31. The van der Waals surface area contributed by atoms with Crippen molar-refractivity contribution in [3.63, 3.8) is 0 Å². The summed E-state index contributed by atoms with van der Waals surface area (Å²) >= 11 is 0. The van der Waals surface area contributed by atoms with Gasteiger partial charge >= 0.3 is 0 Å². The summed E-state index contributed by atoms with van der Waals surface area (Å²) in [4.78, 5) is 28.9. The van der Waals surface area contributed by atoms with Crippen molar-refractivity contribution in [2.75, 3.05) is 4.90 Å². The molecule has 1 amide bonds. The Morgan fingerprint density at radius 2 is 1.72 bits per heavy atom. The molecule has 0 fully saturated rings. The molecule has 1 unspecified atom stereocenters. The number of rotatable bonds is 5. The number of aromatic nitrogens is 1. The number of amides is 1. The minimum atomic E-state index is -0.822. The van der Waals surface area contributed by atoms with Gasteiger partial charge in [-0.3, -0.25) is 14.5 Å². The molecule has 1 aliphatic heterocycles. The first kappa shape index (κ1) is 21.9. The lowest BCUT2D eigenvalue weighted by atomic mass is 9.94. The lowest BCUT2D eigenvalue weighted by molar-refractivity contribution is -0.117. The number of Topliss-reactive ketones (excluding diaryl/α,β-unsaturated/α-hetero) is 1. The van der Waals surface area contributed by atoms with E-state index in [9.17, 15) is 14.7 Å². The van der Waals surface area contributed by atoms with Crippen LogP contribution in [-0.4, -0.2) is 21.4 Å². The maximum Gasteiger partial charge on any atom is 0.294 e. The van der Waals surface area contributed by atoms with E-state index >= 15 is 0 Å². The van der Waals surface area contributed by atoms with E-state index in [1.54, 1.807) is 12.1 Å². The summed E-state index contributed by atoms with van der Waals surface area (Å²) < 4.78 is 7.81. The fourth-order valence-corrected chi connectivity index (χ4v) is 5.11. The SMILES string of the molecule is CCc1ccc(N2C(=O)C(O)=C(C(=O)c3cc4ccccc4o3)C2c2cn(C)c3ccccc23)cc1. The van der Waals surface area contributed by atoms with Crippen LogP contribution >= 0.6 is 0 Å². The fourth-order valence-electron chi connectivity index (χ4n) is 5.11. The number of benzene rings is 3. The van der Waals surface area contributed by atoms with Crippen molar-refractivity contribution in [2.24, 2.45) is 7.05 Å². The topological polar surface area (TPSA) is 75.7 Å². The van der Waals surface area contributed by atoms with Crippen LogP contribution in [0.2, 0.25) is 0 Å². The van der Waals surface area contributed by atoms with Crippen molar-refractivity contribution in [3.8, 4) is 0 Å². The van der Waals surface area contributed by atoms with Crippen LogP contribution in [-0.2, 0) is 18.3 Å². The number of nitrogens with zero attached hydrogens (tertiary/aromatic N) is 2. The monoisotopic (exact) mass is 476 g/mol. The number of para-hydroxylation sites is 2. The summed E-state index contributed by atoms with van der Waals surface area (Å²) in [6.07, 6.45) is 2.78. The smallest absolute Gasteiger partial charge is 0.294 e. The number of ketones is 1. The summed E-state index contributed by atoms with van der Waals surface area (Å²) in [6.45, 7) is 2.06. The summed E-state index contributed by atoms with van der Waals surface area (Å²) in [5.74, 6) is -1.60. The molecule has 0 saturated heterocycles. The van der Waals surface area contributed by atoms with Crippen LogP contribution in [0, 0.1) is 0 Å². The van der Waals surface area contributed by atoms with Gasteiger partial charge in [-0.1, -0.05) is 55.5 Å². The zero-order valence-electron chi connectivity index (χ0n) is 19.9. The van der Waals surface area contributed by atoms with E-state index in [0.717, 1.165) is 33.8 Å². The number of furan rings is 1. The van der Waals surface area contributed by atoms with Crippen LogP contribution in [0.5, 0.6) is 0 Å². The molecule has 0 spiro atoms. The van der Waals surface area contributed by atoms with Crippen LogP contribution in [0.4, 0.5) is 5.69 Å². The maximum absolute atomic E-state index is 13.9. The van der Waals surface area contributed by atoms with Gasteiger partial charge in [0.1, 0.15) is 5.58 Å². The third-order valence-corrected chi connectivity index (χ3v) is 6.95. The molecular formula is C30H24N2O4. The summed E-state index contributed by atoms with van der Waals surface area (Å²) in [5.41, 5.74) is 4.03. The van der Waals surface area contributed by atoms with Gasteiger partial charge in [-0.25, -0.2) is 0 Å². The largest absolute Gasteiger partial charge is 0.503 e. The van der Waals surface area contributed by atoms with Crippen LogP contribution in [0.3, 0.4) is 0 Å². The highest BCUT2D eigenvalue weighted by Gasteiger charge is 2.46. The molecule has 0 aliphatic carbocycles. The molecule has 6 rings (SSSR count). The third kappa shape index (κ3) is 3.26. The van der Waals surface area contributed by atoms with Gasteiger partial charge < -0.3 is 14.1 Å². The second-order valence-corrected chi connectivity index (χ2v) is 9.05. The van der Waals surface area contributed by atoms with Gasteiger partial charge in [-0.2, -0.15) is 0 Å². The van der Waals surface area contributed by atoms with Crippen LogP contribution in [0.25, 0.3) is 21.9 Å². The predicted octanol–water partition coefficient (Wildman–Crippen LogP) is 6.27. The maximum atomic E-state index is 13.9. The Bertz CT molecular complexity index is 1650. The van der Waals surface area contributed by atoms with E-state index in [-0.39, 0.29) is 11.3 Å². The van der Waals surface area contributed by atoms with Crippen molar-refractivity contribution in [1.29, 1.82) is 0 Å². The van der Waals surface area contributed by atoms with E-state index in [0.29, 0.717) is 11.3 Å². The van der Waals surface area contributed by atoms with E-state index in [1.807, 2.05) is 84.5 Å². The molecule has 5 aromatic rings. The van der Waals surface area contributed by atoms with Gasteiger partial charge in [0.2, 0.25) is 5.78 Å². The highest BCUT2D eigenvalue weighted by molar-refractivity contribution is 6.21. The molecule has 3 aromatic carbocycles. The lowest BCUT2D eigenvalue weighted by Gasteiger charge is -2.26. The molecule has 0 bridgehead atoms. The van der Waals surface area contributed by atoms with Crippen molar-refractivity contribution in [3.05, 3.63) is 113 Å². The molecule has 0 saturated carbocycles. The second-order valence-electron chi connectivity index (χ2n) is 9.05. The van der Waals surface area contributed by atoms with Crippen molar-refractivity contribution in [1.82, 2.24) is 4.57 Å². The van der Waals surface area contributed by atoms with E-state index in [2.05, 4.69) is 6.92 Å². The molecule has 1 N–H and O–H groups in total. The van der Waals surface area contributed by atoms with Gasteiger partial charge in [0.25, 0.3) is 5.91 Å². The molecule has 1 aliphatic rings. The molecule has 178 valence electrons. The molecule has 36 heavy (non-hydrogen) atoms. The van der Waals surface area contributed by atoms with Crippen LogP contribution < -0.4 is 4.90 Å². The summed E-state index contributed by atoms with van der Waals surface area (Å²) in [5, 5.41) is 12.8.